The average molecular weight is 365 g/mol. The molecule has 1 saturated heterocycles. The highest BCUT2D eigenvalue weighted by atomic mass is 16.3. The van der Waals surface area contributed by atoms with Gasteiger partial charge in [0.15, 0.2) is 0 Å². The number of nitrogens with zero attached hydrogens (tertiary/aromatic N) is 1. The van der Waals surface area contributed by atoms with Crippen molar-refractivity contribution in [2.45, 2.75) is 31.0 Å². The van der Waals surface area contributed by atoms with E-state index in [1.54, 1.807) is 0 Å². The molecule has 27 heavy (non-hydrogen) atoms. The molecule has 2 aliphatic heterocycles. The van der Waals surface area contributed by atoms with Gasteiger partial charge in [-0.3, -0.25) is 9.69 Å². The number of hydrogen-bond acceptors (Lipinski definition) is 4. The van der Waals surface area contributed by atoms with Crippen molar-refractivity contribution in [3.05, 3.63) is 71.3 Å². The molecule has 2 aliphatic rings. The van der Waals surface area contributed by atoms with Crippen molar-refractivity contribution in [1.82, 2.24) is 15.5 Å². The number of aliphatic hydroxyl groups is 1. The quantitative estimate of drug-likeness (QED) is 0.767. The van der Waals surface area contributed by atoms with Crippen LogP contribution in [0.15, 0.2) is 54.6 Å². The summed E-state index contributed by atoms with van der Waals surface area (Å²) < 4.78 is 0. The zero-order valence-electron chi connectivity index (χ0n) is 15.5. The van der Waals surface area contributed by atoms with Crippen molar-refractivity contribution >= 4 is 5.91 Å². The number of carbonyl (C=O) groups excluding carboxylic acids is 1. The van der Waals surface area contributed by atoms with E-state index in [0.29, 0.717) is 19.5 Å². The summed E-state index contributed by atoms with van der Waals surface area (Å²) in [6.45, 7) is 3.28. The topological polar surface area (TPSA) is 64.6 Å². The van der Waals surface area contributed by atoms with E-state index in [2.05, 4.69) is 39.8 Å². The van der Waals surface area contributed by atoms with Gasteiger partial charge in [0.2, 0.25) is 5.91 Å². The fourth-order valence-electron chi connectivity index (χ4n) is 4.34. The molecule has 2 atom stereocenters. The SMILES string of the molecule is O=C(CN1CCc2ccccc2C1)N[C@]1(c2ccccc2)CCNC[C@H]1O. The number of carbonyl (C=O) groups is 1. The summed E-state index contributed by atoms with van der Waals surface area (Å²) in [6.07, 6.45) is 0.992. The molecule has 1 amide bonds. The van der Waals surface area contributed by atoms with Gasteiger partial charge < -0.3 is 15.7 Å². The molecule has 0 aliphatic carbocycles. The van der Waals surface area contributed by atoms with Crippen molar-refractivity contribution in [2.75, 3.05) is 26.2 Å². The molecular formula is C22H27N3O2. The van der Waals surface area contributed by atoms with E-state index in [1.165, 1.54) is 11.1 Å². The molecule has 2 aromatic carbocycles. The van der Waals surface area contributed by atoms with Crippen molar-refractivity contribution < 1.29 is 9.90 Å². The molecule has 1 fully saturated rings. The van der Waals surface area contributed by atoms with Gasteiger partial charge in [-0.2, -0.15) is 0 Å². The Morgan fingerprint density at radius 3 is 2.67 bits per heavy atom. The second kappa shape index (κ2) is 7.80. The first kappa shape index (κ1) is 18.2. The van der Waals surface area contributed by atoms with Gasteiger partial charge in [0.1, 0.15) is 0 Å². The molecule has 4 rings (SSSR count). The maximum Gasteiger partial charge on any atom is 0.234 e. The van der Waals surface area contributed by atoms with E-state index in [-0.39, 0.29) is 5.91 Å². The van der Waals surface area contributed by atoms with Crippen molar-refractivity contribution in [1.29, 1.82) is 0 Å². The zero-order valence-corrected chi connectivity index (χ0v) is 15.5. The Kier molecular flexibility index (Phi) is 5.25. The molecule has 0 aromatic heterocycles. The van der Waals surface area contributed by atoms with E-state index in [0.717, 1.165) is 31.6 Å². The van der Waals surface area contributed by atoms with Gasteiger partial charge in [-0.05, 0) is 36.1 Å². The maximum absolute atomic E-state index is 12.9. The first-order chi connectivity index (χ1) is 13.2. The highest BCUT2D eigenvalue weighted by Crippen LogP contribution is 2.31. The Labute approximate surface area is 160 Å². The fraction of sp³-hybridized carbons (Fsp3) is 0.409. The minimum Gasteiger partial charge on any atom is -0.389 e. The molecule has 142 valence electrons. The summed E-state index contributed by atoms with van der Waals surface area (Å²) in [5.74, 6) is -0.0285. The summed E-state index contributed by atoms with van der Waals surface area (Å²) in [4.78, 5) is 15.1. The summed E-state index contributed by atoms with van der Waals surface area (Å²) in [5, 5.41) is 17.2. The van der Waals surface area contributed by atoms with Crippen LogP contribution in [0.25, 0.3) is 0 Å². The first-order valence-corrected chi connectivity index (χ1v) is 9.72. The predicted octanol–water partition coefficient (Wildman–Crippen LogP) is 1.41. The molecule has 2 aromatic rings. The van der Waals surface area contributed by atoms with Gasteiger partial charge in [0, 0.05) is 19.6 Å². The standard InChI is InChI=1S/C22H27N3O2/c26-20-14-23-12-11-22(20,19-8-2-1-3-9-19)24-21(27)16-25-13-10-17-6-4-5-7-18(17)15-25/h1-9,20,23,26H,10-16H2,(H,24,27)/t20-,22+/m1/s1. The van der Waals surface area contributed by atoms with E-state index in [9.17, 15) is 9.90 Å². The van der Waals surface area contributed by atoms with Crippen LogP contribution < -0.4 is 10.6 Å². The van der Waals surface area contributed by atoms with Crippen LogP contribution in [0.3, 0.4) is 0 Å². The van der Waals surface area contributed by atoms with Crippen molar-refractivity contribution in [3.63, 3.8) is 0 Å². The first-order valence-electron chi connectivity index (χ1n) is 9.72. The number of β-amino-alcohol motifs (C(OH)–C–C–N with tert-alkyl or cyclic N) is 1. The number of aliphatic hydroxyl groups excluding tert-OH is 1. The third kappa shape index (κ3) is 3.76. The third-order valence-corrected chi connectivity index (χ3v) is 5.83. The van der Waals surface area contributed by atoms with Crippen molar-refractivity contribution in [2.24, 2.45) is 0 Å². The number of rotatable bonds is 4. The van der Waals surface area contributed by atoms with Crippen LogP contribution in [0, 0.1) is 0 Å². The van der Waals surface area contributed by atoms with Gasteiger partial charge in [-0.1, -0.05) is 54.6 Å². The normalized spacial score (nSPS) is 25.6. The zero-order chi connectivity index (χ0) is 18.7. The highest BCUT2D eigenvalue weighted by Gasteiger charge is 2.42. The molecule has 2 heterocycles. The molecular weight excluding hydrogens is 338 g/mol. The summed E-state index contributed by atoms with van der Waals surface area (Å²) in [7, 11) is 0. The average Bonchev–Trinajstić information content (AvgIpc) is 2.70. The molecule has 0 saturated carbocycles. The van der Waals surface area contributed by atoms with Crippen LogP contribution in [0.1, 0.15) is 23.1 Å². The Balaban J connectivity index is 1.48. The second-order valence-electron chi connectivity index (χ2n) is 7.58. The fourth-order valence-corrected chi connectivity index (χ4v) is 4.34. The lowest BCUT2D eigenvalue weighted by molar-refractivity contribution is -0.127. The lowest BCUT2D eigenvalue weighted by atomic mass is 9.79. The molecule has 3 N–H and O–H groups in total. The molecule has 0 bridgehead atoms. The largest absolute Gasteiger partial charge is 0.389 e. The van der Waals surface area contributed by atoms with Crippen molar-refractivity contribution in [3.8, 4) is 0 Å². The molecule has 0 unspecified atom stereocenters. The van der Waals surface area contributed by atoms with Crippen LogP contribution in [0.2, 0.25) is 0 Å². The minimum absolute atomic E-state index is 0.0285. The van der Waals surface area contributed by atoms with E-state index in [4.69, 9.17) is 0 Å². The van der Waals surface area contributed by atoms with Gasteiger partial charge in [-0.15, -0.1) is 0 Å². The number of nitrogens with one attached hydrogen (secondary N) is 2. The molecule has 5 heteroatoms. The summed E-state index contributed by atoms with van der Waals surface area (Å²) in [6, 6.07) is 18.3. The number of benzene rings is 2. The van der Waals surface area contributed by atoms with Crippen LogP contribution >= 0.6 is 0 Å². The second-order valence-corrected chi connectivity index (χ2v) is 7.58. The third-order valence-electron chi connectivity index (χ3n) is 5.83. The number of amides is 1. The van der Waals surface area contributed by atoms with E-state index < -0.39 is 11.6 Å². The van der Waals surface area contributed by atoms with Gasteiger partial charge in [0.05, 0.1) is 18.2 Å². The molecule has 0 spiro atoms. The highest BCUT2D eigenvalue weighted by molar-refractivity contribution is 5.79. The van der Waals surface area contributed by atoms with E-state index >= 15 is 0 Å². The van der Waals surface area contributed by atoms with Gasteiger partial charge in [0.25, 0.3) is 0 Å². The summed E-state index contributed by atoms with van der Waals surface area (Å²) >= 11 is 0. The van der Waals surface area contributed by atoms with Gasteiger partial charge >= 0.3 is 0 Å². The lowest BCUT2D eigenvalue weighted by Crippen LogP contribution is -2.62. The Bertz CT molecular complexity index is 795. The number of fused-ring (bicyclic) bond motifs is 1. The van der Waals surface area contributed by atoms with E-state index in [1.807, 2.05) is 30.3 Å². The van der Waals surface area contributed by atoms with Crippen LogP contribution in [-0.2, 0) is 23.3 Å². The lowest BCUT2D eigenvalue weighted by Gasteiger charge is -2.43. The van der Waals surface area contributed by atoms with Crippen LogP contribution in [-0.4, -0.2) is 48.2 Å². The monoisotopic (exact) mass is 365 g/mol. The van der Waals surface area contributed by atoms with Crippen LogP contribution in [0.4, 0.5) is 0 Å². The minimum atomic E-state index is -0.725. The Morgan fingerprint density at radius 2 is 1.89 bits per heavy atom. The molecule has 0 radical (unpaired) electrons. The Hall–Kier alpha value is -2.21. The van der Waals surface area contributed by atoms with Gasteiger partial charge in [-0.25, -0.2) is 0 Å². The maximum atomic E-state index is 12.9. The summed E-state index contributed by atoms with van der Waals surface area (Å²) in [5.41, 5.74) is 2.92. The smallest absolute Gasteiger partial charge is 0.234 e. The molecule has 5 nitrogen and oxygen atoms in total. The number of piperidine rings is 1. The number of hydrogen-bond donors (Lipinski definition) is 3. The van der Waals surface area contributed by atoms with Crippen LogP contribution in [0.5, 0.6) is 0 Å². The predicted molar refractivity (Wildman–Crippen MR) is 105 cm³/mol. The Morgan fingerprint density at radius 1 is 1.15 bits per heavy atom.